The van der Waals surface area contributed by atoms with Crippen LogP contribution in [0.15, 0.2) is 48.5 Å². The fourth-order valence-corrected chi connectivity index (χ4v) is 4.17. The first-order chi connectivity index (χ1) is 14.6. The average molecular weight is 409 g/mol. The van der Waals surface area contributed by atoms with Crippen molar-refractivity contribution in [2.75, 3.05) is 19.5 Å². The van der Waals surface area contributed by atoms with Crippen molar-refractivity contribution in [1.29, 1.82) is 0 Å². The maximum absolute atomic E-state index is 12.7. The standard InChI is InChI=1S/C23H27N3O4/c1-25-19(15-22(27)26(25)23(28)24-17-8-4-3-5-9-17)16-12-13-20(29-2)21(14-16)30-18-10-6-7-11-18/h3-5,8-9,12-14,18-19H,6-7,10-11,15H2,1-2H3,(H,24,28). The van der Waals surface area contributed by atoms with Crippen molar-refractivity contribution < 1.29 is 19.1 Å². The van der Waals surface area contributed by atoms with Crippen LogP contribution in [0.5, 0.6) is 11.5 Å². The van der Waals surface area contributed by atoms with Crippen LogP contribution in [-0.4, -0.2) is 42.2 Å². The predicted molar refractivity (Wildman–Crippen MR) is 113 cm³/mol. The summed E-state index contributed by atoms with van der Waals surface area (Å²) in [6.45, 7) is 0. The second-order valence-electron chi connectivity index (χ2n) is 7.73. The fourth-order valence-electron chi connectivity index (χ4n) is 4.17. The third kappa shape index (κ3) is 4.11. The highest BCUT2D eigenvalue weighted by molar-refractivity contribution is 6.01. The van der Waals surface area contributed by atoms with Crippen molar-refractivity contribution in [3.63, 3.8) is 0 Å². The van der Waals surface area contributed by atoms with Crippen LogP contribution < -0.4 is 14.8 Å². The molecular formula is C23H27N3O4. The van der Waals surface area contributed by atoms with Crippen LogP contribution in [0.1, 0.15) is 43.7 Å². The molecule has 2 aliphatic rings. The Balaban J connectivity index is 1.52. The zero-order valence-corrected chi connectivity index (χ0v) is 17.3. The Bertz CT molecular complexity index is 912. The molecule has 1 N–H and O–H groups in total. The molecule has 30 heavy (non-hydrogen) atoms. The van der Waals surface area contributed by atoms with Crippen molar-refractivity contribution in [2.24, 2.45) is 0 Å². The maximum Gasteiger partial charge on any atom is 0.343 e. The van der Waals surface area contributed by atoms with Crippen LogP contribution in [0.4, 0.5) is 10.5 Å². The van der Waals surface area contributed by atoms with E-state index in [1.54, 1.807) is 31.3 Å². The number of hydrogen-bond donors (Lipinski definition) is 1. The van der Waals surface area contributed by atoms with Crippen molar-refractivity contribution in [3.8, 4) is 11.5 Å². The zero-order valence-electron chi connectivity index (χ0n) is 17.3. The molecule has 0 radical (unpaired) electrons. The summed E-state index contributed by atoms with van der Waals surface area (Å²) in [5, 5.41) is 5.62. The summed E-state index contributed by atoms with van der Waals surface area (Å²) in [6, 6.07) is 14.1. The molecule has 3 amide bonds. The third-order valence-electron chi connectivity index (χ3n) is 5.76. The molecule has 1 heterocycles. The number of imide groups is 1. The minimum absolute atomic E-state index is 0.199. The highest BCUT2D eigenvalue weighted by atomic mass is 16.5. The molecule has 1 saturated heterocycles. The number of benzene rings is 2. The van der Waals surface area contributed by atoms with E-state index >= 15 is 0 Å². The normalized spacial score (nSPS) is 19.9. The first-order valence-electron chi connectivity index (χ1n) is 10.3. The lowest BCUT2D eigenvalue weighted by Crippen LogP contribution is -2.44. The Hall–Kier alpha value is -3.06. The molecule has 2 aromatic carbocycles. The molecule has 4 rings (SSSR count). The number of para-hydroxylation sites is 1. The van der Waals surface area contributed by atoms with E-state index < -0.39 is 6.03 Å². The fraction of sp³-hybridized carbons (Fsp3) is 0.391. The highest BCUT2D eigenvalue weighted by Gasteiger charge is 2.40. The van der Waals surface area contributed by atoms with E-state index in [1.165, 1.54) is 17.9 Å². The molecule has 0 bridgehead atoms. The molecule has 7 nitrogen and oxygen atoms in total. The van der Waals surface area contributed by atoms with E-state index in [0.29, 0.717) is 17.2 Å². The molecule has 1 aliphatic carbocycles. The summed E-state index contributed by atoms with van der Waals surface area (Å²) in [4.78, 5) is 25.4. The van der Waals surface area contributed by atoms with Gasteiger partial charge in [-0.2, -0.15) is 5.01 Å². The van der Waals surface area contributed by atoms with Gasteiger partial charge in [0.1, 0.15) is 0 Å². The summed E-state index contributed by atoms with van der Waals surface area (Å²) in [5.74, 6) is 1.12. The number of hydrogen-bond acceptors (Lipinski definition) is 5. The Morgan fingerprint density at radius 3 is 2.50 bits per heavy atom. The van der Waals surface area contributed by atoms with Crippen LogP contribution in [-0.2, 0) is 4.79 Å². The van der Waals surface area contributed by atoms with Crippen LogP contribution in [0.25, 0.3) is 0 Å². The molecule has 1 atom stereocenters. The third-order valence-corrected chi connectivity index (χ3v) is 5.76. The number of rotatable bonds is 5. The van der Waals surface area contributed by atoms with Gasteiger partial charge in [0.15, 0.2) is 11.5 Å². The lowest BCUT2D eigenvalue weighted by Gasteiger charge is -2.27. The zero-order chi connectivity index (χ0) is 21.1. The van der Waals surface area contributed by atoms with E-state index in [9.17, 15) is 9.59 Å². The molecule has 1 aliphatic heterocycles. The first kappa shape index (κ1) is 20.2. The number of methoxy groups -OCH3 is 1. The summed E-state index contributed by atoms with van der Waals surface area (Å²) in [5.41, 5.74) is 1.55. The Morgan fingerprint density at radius 2 is 1.80 bits per heavy atom. The largest absolute Gasteiger partial charge is 0.493 e. The summed E-state index contributed by atoms with van der Waals surface area (Å²) < 4.78 is 11.7. The predicted octanol–water partition coefficient (Wildman–Crippen LogP) is 4.37. The molecule has 2 fully saturated rings. The molecule has 1 unspecified atom stereocenters. The lowest BCUT2D eigenvalue weighted by molar-refractivity contribution is -0.131. The monoisotopic (exact) mass is 409 g/mol. The van der Waals surface area contributed by atoms with Crippen molar-refractivity contribution in [2.45, 2.75) is 44.2 Å². The lowest BCUT2D eigenvalue weighted by atomic mass is 10.0. The molecule has 158 valence electrons. The van der Waals surface area contributed by atoms with Gasteiger partial charge in [-0.1, -0.05) is 24.3 Å². The average Bonchev–Trinajstić information content (AvgIpc) is 3.36. The topological polar surface area (TPSA) is 71.1 Å². The Morgan fingerprint density at radius 1 is 1.07 bits per heavy atom. The van der Waals surface area contributed by atoms with Crippen LogP contribution in [0.3, 0.4) is 0 Å². The Kier molecular flexibility index (Phi) is 5.90. The van der Waals surface area contributed by atoms with E-state index in [-0.39, 0.29) is 24.5 Å². The molecule has 1 saturated carbocycles. The van der Waals surface area contributed by atoms with Crippen LogP contribution >= 0.6 is 0 Å². The van der Waals surface area contributed by atoms with Gasteiger partial charge in [-0.05, 0) is 55.5 Å². The number of nitrogens with one attached hydrogen (secondary N) is 1. The van der Waals surface area contributed by atoms with Gasteiger partial charge in [0.25, 0.3) is 0 Å². The molecule has 7 heteroatoms. The van der Waals surface area contributed by atoms with Crippen molar-refractivity contribution in [3.05, 3.63) is 54.1 Å². The number of carbonyl (C=O) groups excluding carboxylic acids is 2. The number of nitrogens with zero attached hydrogens (tertiary/aromatic N) is 2. The second kappa shape index (κ2) is 8.75. The number of ether oxygens (including phenoxy) is 2. The molecular weight excluding hydrogens is 382 g/mol. The van der Waals surface area contributed by atoms with Gasteiger partial charge in [0, 0.05) is 12.7 Å². The SMILES string of the molecule is COc1ccc(C2CC(=O)N(C(=O)Nc3ccccc3)N2C)cc1OC1CCCC1. The first-order valence-corrected chi connectivity index (χ1v) is 10.3. The molecule has 0 spiro atoms. The van der Waals surface area contributed by atoms with Gasteiger partial charge in [-0.3, -0.25) is 4.79 Å². The Labute approximate surface area is 176 Å². The number of carbonyl (C=O) groups is 2. The second-order valence-corrected chi connectivity index (χ2v) is 7.73. The van der Waals surface area contributed by atoms with Crippen LogP contribution in [0, 0.1) is 0 Å². The molecule has 2 aromatic rings. The molecule has 0 aromatic heterocycles. The number of amides is 3. The van der Waals surface area contributed by atoms with E-state index in [4.69, 9.17) is 9.47 Å². The van der Waals surface area contributed by atoms with Gasteiger partial charge in [0.2, 0.25) is 5.91 Å². The number of urea groups is 1. The number of anilines is 1. The van der Waals surface area contributed by atoms with Gasteiger partial charge >= 0.3 is 6.03 Å². The van der Waals surface area contributed by atoms with Gasteiger partial charge < -0.3 is 14.8 Å². The van der Waals surface area contributed by atoms with Crippen molar-refractivity contribution in [1.82, 2.24) is 10.0 Å². The van der Waals surface area contributed by atoms with E-state index in [2.05, 4.69) is 5.32 Å². The van der Waals surface area contributed by atoms with Gasteiger partial charge in [-0.25, -0.2) is 9.80 Å². The smallest absolute Gasteiger partial charge is 0.343 e. The highest BCUT2D eigenvalue weighted by Crippen LogP contribution is 2.38. The van der Waals surface area contributed by atoms with Gasteiger partial charge in [-0.15, -0.1) is 0 Å². The summed E-state index contributed by atoms with van der Waals surface area (Å²) in [7, 11) is 3.37. The minimum atomic E-state index is -0.466. The van der Waals surface area contributed by atoms with Gasteiger partial charge in [0.05, 0.1) is 25.7 Å². The summed E-state index contributed by atoms with van der Waals surface area (Å²) in [6.07, 6.45) is 4.86. The van der Waals surface area contributed by atoms with Crippen LogP contribution in [0.2, 0.25) is 0 Å². The van der Waals surface area contributed by atoms with E-state index in [0.717, 1.165) is 18.4 Å². The summed E-state index contributed by atoms with van der Waals surface area (Å²) >= 11 is 0. The quantitative estimate of drug-likeness (QED) is 0.794. The van der Waals surface area contributed by atoms with Crippen molar-refractivity contribution >= 4 is 17.6 Å². The van der Waals surface area contributed by atoms with E-state index in [1.807, 2.05) is 36.4 Å². The minimum Gasteiger partial charge on any atom is -0.493 e. The maximum atomic E-state index is 12.7. The number of hydrazine groups is 1.